The summed E-state index contributed by atoms with van der Waals surface area (Å²) in [5.41, 5.74) is 1.32. The normalized spacial score (nSPS) is 21.9. The molecule has 1 aliphatic heterocycles. The number of aliphatic imine (C=N–C) groups is 1. The number of likely N-dealkylation sites (tertiary alicyclic amines) is 1. The van der Waals surface area contributed by atoms with Gasteiger partial charge in [-0.1, -0.05) is 44.0 Å². The van der Waals surface area contributed by atoms with Gasteiger partial charge in [-0.15, -0.1) is 0 Å². The minimum Gasteiger partial charge on any atom is -0.366 e. The van der Waals surface area contributed by atoms with Gasteiger partial charge in [0.1, 0.15) is 10.9 Å². The first kappa shape index (κ1) is 20.5. The summed E-state index contributed by atoms with van der Waals surface area (Å²) in [6.45, 7) is 19.9. The van der Waals surface area contributed by atoms with Crippen LogP contribution in [-0.4, -0.2) is 34.6 Å². The molecule has 1 fully saturated rings. The van der Waals surface area contributed by atoms with E-state index in [1.807, 2.05) is 25.2 Å². The van der Waals surface area contributed by atoms with Gasteiger partial charge in [-0.3, -0.25) is 10.0 Å². The third-order valence-corrected chi connectivity index (χ3v) is 4.59. The molecule has 1 rings (SSSR count). The second-order valence-electron chi connectivity index (χ2n) is 6.43. The Labute approximate surface area is 151 Å². The average molecular weight is 347 g/mol. The molecule has 0 aromatic carbocycles. The Balaban J connectivity index is 2.74. The first-order valence-corrected chi connectivity index (χ1v) is 8.97. The van der Waals surface area contributed by atoms with Gasteiger partial charge >= 0.3 is 0 Å². The molecule has 0 amide bonds. The van der Waals surface area contributed by atoms with Crippen molar-refractivity contribution in [2.45, 2.75) is 38.8 Å². The molecule has 0 aromatic heterocycles. The van der Waals surface area contributed by atoms with Crippen LogP contribution in [-0.2, 0) is 0 Å². The van der Waals surface area contributed by atoms with Crippen LogP contribution >= 0.6 is 11.9 Å². The Morgan fingerprint density at radius 1 is 1.42 bits per heavy atom. The van der Waals surface area contributed by atoms with E-state index in [0.717, 1.165) is 31.5 Å². The highest BCUT2D eigenvalue weighted by Gasteiger charge is 2.38. The molecule has 0 spiro atoms. The lowest BCUT2D eigenvalue weighted by Crippen LogP contribution is -2.39. The molecule has 1 heterocycles. The lowest BCUT2D eigenvalue weighted by Gasteiger charge is -2.31. The number of hydrogen-bond donors (Lipinski definition) is 2. The highest BCUT2D eigenvalue weighted by Crippen LogP contribution is 2.30. The van der Waals surface area contributed by atoms with Gasteiger partial charge in [-0.05, 0) is 50.8 Å². The van der Waals surface area contributed by atoms with E-state index in [1.165, 1.54) is 5.57 Å². The van der Waals surface area contributed by atoms with Crippen molar-refractivity contribution < 1.29 is 0 Å². The minimum atomic E-state index is 0.101. The van der Waals surface area contributed by atoms with Crippen LogP contribution in [0.15, 0.2) is 66.5 Å². The van der Waals surface area contributed by atoms with Crippen LogP contribution in [0.4, 0.5) is 0 Å². The molecule has 4 nitrogen and oxygen atoms in total. The first-order valence-electron chi connectivity index (χ1n) is 8.09. The van der Waals surface area contributed by atoms with Crippen LogP contribution in [0.1, 0.15) is 27.2 Å². The molecule has 24 heavy (non-hydrogen) atoms. The number of nitrogens with one attached hydrogen (secondary N) is 1. The second-order valence-corrected chi connectivity index (χ2v) is 7.08. The third kappa shape index (κ3) is 6.15. The summed E-state index contributed by atoms with van der Waals surface area (Å²) in [6, 6.07) is 0.304. The van der Waals surface area contributed by atoms with Crippen LogP contribution in [0.3, 0.4) is 0 Å². The Kier molecular flexibility index (Phi) is 8.25. The van der Waals surface area contributed by atoms with E-state index in [0.29, 0.717) is 16.9 Å². The molecule has 132 valence electrons. The molecular weight excluding hydrogens is 316 g/mol. The molecule has 0 aliphatic carbocycles. The summed E-state index contributed by atoms with van der Waals surface area (Å²) >= 11 is 1.07. The number of nitrogens with zero attached hydrogens (tertiary/aromatic N) is 2. The summed E-state index contributed by atoms with van der Waals surface area (Å²) in [7, 11) is 0. The monoisotopic (exact) mass is 346 g/mol. The van der Waals surface area contributed by atoms with Crippen molar-refractivity contribution in [3.05, 3.63) is 61.5 Å². The fraction of sp³-hybridized carbons (Fsp3) is 0.421. The maximum absolute atomic E-state index is 5.53. The number of allylic oxidation sites excluding steroid dienone is 3. The molecule has 1 saturated heterocycles. The van der Waals surface area contributed by atoms with E-state index in [1.54, 1.807) is 6.08 Å². The van der Waals surface area contributed by atoms with Crippen molar-refractivity contribution in [1.82, 2.24) is 10.2 Å². The maximum Gasteiger partial charge on any atom is 0.120 e. The quantitative estimate of drug-likeness (QED) is 0.304. The van der Waals surface area contributed by atoms with Crippen LogP contribution in [0.5, 0.6) is 0 Å². The van der Waals surface area contributed by atoms with Crippen LogP contribution in [0.2, 0.25) is 0 Å². The maximum atomic E-state index is 5.53. The second kappa shape index (κ2) is 9.67. The van der Waals surface area contributed by atoms with Crippen molar-refractivity contribution >= 4 is 17.0 Å². The molecule has 0 saturated carbocycles. The average Bonchev–Trinajstić information content (AvgIpc) is 2.82. The van der Waals surface area contributed by atoms with Gasteiger partial charge in [0.05, 0.1) is 0 Å². The van der Waals surface area contributed by atoms with Crippen LogP contribution in [0.25, 0.3) is 0 Å². The summed E-state index contributed by atoms with van der Waals surface area (Å²) in [5.74, 6) is 0.624. The van der Waals surface area contributed by atoms with Gasteiger partial charge in [0.2, 0.25) is 0 Å². The first-order chi connectivity index (χ1) is 11.4. The lowest BCUT2D eigenvalue weighted by atomic mass is 9.99. The third-order valence-electron chi connectivity index (χ3n) is 4.09. The minimum absolute atomic E-state index is 0.101. The van der Waals surface area contributed by atoms with E-state index >= 15 is 0 Å². The zero-order chi connectivity index (χ0) is 18.2. The smallest absolute Gasteiger partial charge is 0.120 e. The summed E-state index contributed by atoms with van der Waals surface area (Å²) in [6.07, 6.45) is 10.8. The molecule has 0 aromatic rings. The van der Waals surface area contributed by atoms with Gasteiger partial charge in [-0.25, -0.2) is 4.99 Å². The summed E-state index contributed by atoms with van der Waals surface area (Å²) in [5, 5.41) is 9.59. The highest BCUT2D eigenvalue weighted by atomic mass is 32.2. The molecule has 1 unspecified atom stereocenters. The van der Waals surface area contributed by atoms with Crippen molar-refractivity contribution in [2.24, 2.45) is 10.1 Å². The molecular formula is C19H30N4S. The predicted molar refractivity (Wildman–Crippen MR) is 109 cm³/mol. The molecule has 3 N–H and O–H groups in total. The Morgan fingerprint density at radius 3 is 2.67 bits per heavy atom. The highest BCUT2D eigenvalue weighted by molar-refractivity contribution is 8.12. The van der Waals surface area contributed by atoms with Crippen molar-refractivity contribution in [3.63, 3.8) is 0 Å². The van der Waals surface area contributed by atoms with E-state index in [4.69, 9.17) is 5.14 Å². The van der Waals surface area contributed by atoms with Gasteiger partial charge < -0.3 is 5.32 Å². The van der Waals surface area contributed by atoms with Crippen LogP contribution in [0, 0.1) is 0 Å². The van der Waals surface area contributed by atoms with E-state index in [9.17, 15) is 0 Å². The van der Waals surface area contributed by atoms with Gasteiger partial charge in [0.25, 0.3) is 0 Å². The fourth-order valence-electron chi connectivity index (χ4n) is 2.83. The van der Waals surface area contributed by atoms with E-state index < -0.39 is 0 Å². The Bertz CT molecular complexity index is 558. The van der Waals surface area contributed by atoms with Gasteiger partial charge in [0, 0.05) is 24.7 Å². The summed E-state index contributed by atoms with van der Waals surface area (Å²) in [4.78, 5) is 6.81. The molecule has 0 radical (unpaired) electrons. The summed E-state index contributed by atoms with van der Waals surface area (Å²) < 4.78 is 0. The zero-order valence-electron chi connectivity index (χ0n) is 15.1. The number of nitrogens with two attached hydrogens (primary N) is 1. The SMILES string of the molecule is C=C/C(=C\C=C/C)CN1CC(NC(=C)/N=C(\C=C)SN)CC1(C)C. The van der Waals surface area contributed by atoms with E-state index in [2.05, 4.69) is 54.9 Å². The number of hydrogen-bond acceptors (Lipinski definition) is 5. The van der Waals surface area contributed by atoms with Crippen molar-refractivity contribution in [1.29, 1.82) is 0 Å². The lowest BCUT2D eigenvalue weighted by molar-refractivity contribution is 0.192. The van der Waals surface area contributed by atoms with Gasteiger partial charge in [-0.2, -0.15) is 0 Å². The molecule has 1 atom stereocenters. The van der Waals surface area contributed by atoms with E-state index in [-0.39, 0.29) is 5.54 Å². The van der Waals surface area contributed by atoms with Gasteiger partial charge in [0.15, 0.2) is 0 Å². The predicted octanol–water partition coefficient (Wildman–Crippen LogP) is 3.78. The van der Waals surface area contributed by atoms with Crippen molar-refractivity contribution in [2.75, 3.05) is 13.1 Å². The molecule has 5 heteroatoms. The number of rotatable bonds is 8. The standard InChI is InChI=1S/C19H30N4S/c1-7-10-11-16(8-2)13-23-14-17(12-19(23,5)6)21-15(4)22-18(9-3)24-20/h7-11,17,21H,2-4,12-14,20H2,1,5-6H3/b10-7-,16-11+,22-18+. The zero-order valence-corrected chi connectivity index (χ0v) is 15.9. The Morgan fingerprint density at radius 2 is 2.12 bits per heavy atom. The fourth-order valence-corrected chi connectivity index (χ4v) is 3.09. The molecule has 1 aliphatic rings. The van der Waals surface area contributed by atoms with Crippen LogP contribution < -0.4 is 10.5 Å². The van der Waals surface area contributed by atoms with Crippen molar-refractivity contribution in [3.8, 4) is 0 Å². The topological polar surface area (TPSA) is 53.6 Å². The molecule has 0 bridgehead atoms. The largest absolute Gasteiger partial charge is 0.366 e. The Hall–Kier alpha value is -1.56.